The fourth-order valence-corrected chi connectivity index (χ4v) is 2.27. The van der Waals surface area contributed by atoms with Crippen molar-refractivity contribution in [2.24, 2.45) is 11.8 Å². The second-order valence-corrected chi connectivity index (χ2v) is 3.36. The van der Waals surface area contributed by atoms with Gasteiger partial charge in [-0.1, -0.05) is 31.9 Å². The summed E-state index contributed by atoms with van der Waals surface area (Å²) in [6, 6.07) is 0. The summed E-state index contributed by atoms with van der Waals surface area (Å²) < 4.78 is 0. The normalized spacial score (nSPS) is 38.6. The zero-order valence-corrected chi connectivity index (χ0v) is 7.20. The van der Waals surface area contributed by atoms with Crippen LogP contribution in [-0.4, -0.2) is 10.7 Å². The monoisotopic (exact) mass is 226 g/mol. The Bertz CT molecular complexity index is 55.1. The molecule has 1 saturated carbocycles. The van der Waals surface area contributed by atoms with E-state index in [9.17, 15) is 0 Å². The molecule has 0 heterocycles. The third-order valence-electron chi connectivity index (χ3n) is 1.47. The summed E-state index contributed by atoms with van der Waals surface area (Å²) in [5, 5.41) is 2.40. The number of rotatable bonds is 2. The maximum atomic E-state index is 3.44. The highest BCUT2D eigenvalue weighted by Crippen LogP contribution is 2.40. The minimum absolute atomic E-state index is 0.986. The van der Waals surface area contributed by atoms with Crippen molar-refractivity contribution in [3.8, 4) is 0 Å². The zero-order chi connectivity index (χ0) is 5.28. The van der Waals surface area contributed by atoms with Crippen molar-refractivity contribution in [2.45, 2.75) is 6.42 Å². The zero-order valence-electron chi connectivity index (χ0n) is 4.03. The highest BCUT2D eigenvalue weighted by Gasteiger charge is 2.34. The average molecular weight is 228 g/mol. The predicted octanol–water partition coefficient (Wildman–Crippen LogP) is 2.41. The topological polar surface area (TPSA) is 0 Å². The van der Waals surface area contributed by atoms with Crippen molar-refractivity contribution in [3.63, 3.8) is 0 Å². The van der Waals surface area contributed by atoms with Crippen LogP contribution in [0.2, 0.25) is 0 Å². The molecule has 2 atom stereocenters. The minimum Gasteiger partial charge on any atom is -0.0925 e. The Hall–Kier alpha value is 0.960. The van der Waals surface area contributed by atoms with Gasteiger partial charge >= 0.3 is 0 Å². The van der Waals surface area contributed by atoms with Crippen molar-refractivity contribution < 1.29 is 0 Å². The quantitative estimate of drug-likeness (QED) is 0.636. The lowest BCUT2D eigenvalue weighted by atomic mass is 10.4. The number of hydrogen-bond acceptors (Lipinski definition) is 0. The maximum Gasteiger partial charge on any atom is 0.00627 e. The first kappa shape index (κ1) is 6.09. The molecule has 7 heavy (non-hydrogen) atoms. The lowest BCUT2D eigenvalue weighted by Crippen LogP contribution is -1.81. The van der Waals surface area contributed by atoms with Crippen LogP contribution in [0.15, 0.2) is 0 Å². The average Bonchev–Trinajstić information content (AvgIpc) is 2.43. The maximum absolute atomic E-state index is 3.44. The van der Waals surface area contributed by atoms with Crippen LogP contribution in [0.4, 0.5) is 0 Å². The van der Waals surface area contributed by atoms with Crippen LogP contribution >= 0.6 is 31.9 Å². The molecule has 0 aromatic carbocycles. The lowest BCUT2D eigenvalue weighted by Gasteiger charge is -1.82. The van der Waals surface area contributed by atoms with Gasteiger partial charge in [-0.05, 0) is 18.3 Å². The summed E-state index contributed by atoms with van der Waals surface area (Å²) in [5.74, 6) is 1.97. The molecule has 1 aliphatic carbocycles. The van der Waals surface area contributed by atoms with Crippen LogP contribution in [0.3, 0.4) is 0 Å². The Morgan fingerprint density at radius 2 is 1.57 bits per heavy atom. The van der Waals surface area contributed by atoms with E-state index in [1.165, 1.54) is 17.1 Å². The van der Waals surface area contributed by atoms with E-state index < -0.39 is 0 Å². The first-order chi connectivity index (χ1) is 3.38. The second-order valence-electron chi connectivity index (χ2n) is 2.06. The molecule has 0 aliphatic heterocycles. The summed E-state index contributed by atoms with van der Waals surface area (Å²) in [5.41, 5.74) is 0. The molecular weight excluding hydrogens is 220 g/mol. The Kier molecular flexibility index (Phi) is 2.17. The molecule has 1 unspecified atom stereocenters. The highest BCUT2D eigenvalue weighted by molar-refractivity contribution is 9.09. The molecule has 2 heteroatoms. The van der Waals surface area contributed by atoms with Crippen molar-refractivity contribution in [1.29, 1.82) is 0 Å². The van der Waals surface area contributed by atoms with Gasteiger partial charge in [0, 0.05) is 10.7 Å². The third-order valence-corrected chi connectivity index (χ3v) is 3.13. The van der Waals surface area contributed by atoms with Crippen molar-refractivity contribution in [1.82, 2.24) is 0 Å². The van der Waals surface area contributed by atoms with Crippen LogP contribution in [0.1, 0.15) is 6.42 Å². The fraction of sp³-hybridized carbons (Fsp3) is 1.00. The van der Waals surface area contributed by atoms with Crippen molar-refractivity contribution in [2.75, 3.05) is 10.7 Å². The van der Waals surface area contributed by atoms with E-state index in [-0.39, 0.29) is 0 Å². The molecule has 0 bridgehead atoms. The molecule has 1 rings (SSSR count). The van der Waals surface area contributed by atoms with Gasteiger partial charge in [-0.3, -0.25) is 0 Å². The van der Waals surface area contributed by atoms with E-state index in [0.29, 0.717) is 0 Å². The Labute approximate surface area is 60.9 Å². The standard InChI is InChI=1S/C5H8Br2/c6-2-4-1-5(4)3-7/h4-5H,1-3H2/t4-,5?/m1/s1. The summed E-state index contributed by atoms with van der Waals surface area (Å²) >= 11 is 6.87. The predicted molar refractivity (Wildman–Crippen MR) is 39.2 cm³/mol. The molecule has 42 valence electrons. The second kappa shape index (κ2) is 2.49. The number of halogens is 2. The van der Waals surface area contributed by atoms with E-state index in [4.69, 9.17) is 0 Å². The van der Waals surface area contributed by atoms with E-state index in [0.717, 1.165) is 11.8 Å². The first-order valence-corrected chi connectivity index (χ1v) is 4.74. The Balaban J connectivity index is 2.06. The van der Waals surface area contributed by atoms with E-state index in [1.54, 1.807) is 0 Å². The van der Waals surface area contributed by atoms with Crippen molar-refractivity contribution in [3.05, 3.63) is 0 Å². The van der Waals surface area contributed by atoms with Crippen LogP contribution in [0.25, 0.3) is 0 Å². The Morgan fingerprint density at radius 3 is 1.71 bits per heavy atom. The van der Waals surface area contributed by atoms with Gasteiger partial charge in [0.05, 0.1) is 0 Å². The van der Waals surface area contributed by atoms with Gasteiger partial charge in [-0.25, -0.2) is 0 Å². The van der Waals surface area contributed by atoms with Gasteiger partial charge in [-0.2, -0.15) is 0 Å². The van der Waals surface area contributed by atoms with Gasteiger partial charge in [0.2, 0.25) is 0 Å². The van der Waals surface area contributed by atoms with E-state index >= 15 is 0 Å². The molecule has 0 N–H and O–H groups in total. The van der Waals surface area contributed by atoms with Crippen LogP contribution in [0.5, 0.6) is 0 Å². The van der Waals surface area contributed by atoms with Gasteiger partial charge in [-0.15, -0.1) is 0 Å². The molecule has 0 aromatic rings. The molecule has 0 spiro atoms. The van der Waals surface area contributed by atoms with E-state index in [1.807, 2.05) is 0 Å². The summed E-state index contributed by atoms with van der Waals surface area (Å²) in [7, 11) is 0. The van der Waals surface area contributed by atoms with Crippen molar-refractivity contribution >= 4 is 31.9 Å². The van der Waals surface area contributed by atoms with Gasteiger partial charge in [0.1, 0.15) is 0 Å². The van der Waals surface area contributed by atoms with Gasteiger partial charge in [0.25, 0.3) is 0 Å². The molecular formula is C5H8Br2. The molecule has 1 aliphatic rings. The molecule has 0 nitrogen and oxygen atoms in total. The lowest BCUT2D eigenvalue weighted by molar-refractivity contribution is 0.866. The number of hydrogen-bond donors (Lipinski definition) is 0. The summed E-state index contributed by atoms with van der Waals surface area (Å²) in [6.07, 6.45) is 1.43. The van der Waals surface area contributed by atoms with Crippen LogP contribution < -0.4 is 0 Å². The number of alkyl halides is 2. The summed E-state index contributed by atoms with van der Waals surface area (Å²) in [4.78, 5) is 0. The highest BCUT2D eigenvalue weighted by atomic mass is 79.9. The molecule has 0 saturated heterocycles. The third kappa shape index (κ3) is 1.43. The van der Waals surface area contributed by atoms with Gasteiger partial charge in [0.15, 0.2) is 0 Å². The van der Waals surface area contributed by atoms with Crippen LogP contribution in [-0.2, 0) is 0 Å². The van der Waals surface area contributed by atoms with Gasteiger partial charge < -0.3 is 0 Å². The molecule has 1 fully saturated rings. The SMILES string of the molecule is BrCC1C[C@@H]1CBr. The minimum atomic E-state index is 0.986. The first-order valence-electron chi connectivity index (χ1n) is 2.50. The molecule has 0 amide bonds. The smallest absolute Gasteiger partial charge is 0.00627 e. The summed E-state index contributed by atoms with van der Waals surface area (Å²) in [6.45, 7) is 0. The molecule has 0 aromatic heterocycles. The molecule has 0 radical (unpaired) electrons. The fourth-order valence-electron chi connectivity index (χ4n) is 0.688. The Morgan fingerprint density at radius 1 is 1.14 bits per heavy atom. The largest absolute Gasteiger partial charge is 0.0925 e. The van der Waals surface area contributed by atoms with Crippen LogP contribution in [0, 0.1) is 11.8 Å². The van der Waals surface area contributed by atoms with E-state index in [2.05, 4.69) is 31.9 Å².